The summed E-state index contributed by atoms with van der Waals surface area (Å²) >= 11 is 6.04. The van der Waals surface area contributed by atoms with E-state index in [0.717, 1.165) is 0 Å². The van der Waals surface area contributed by atoms with Crippen LogP contribution in [-0.4, -0.2) is 23.8 Å². The molecule has 0 spiro atoms. The van der Waals surface area contributed by atoms with Gasteiger partial charge in [-0.25, -0.2) is 4.79 Å². The van der Waals surface area contributed by atoms with Gasteiger partial charge in [0.25, 0.3) is 5.69 Å². The minimum atomic E-state index is -0.867. The molecule has 9 heteroatoms. The lowest BCUT2D eigenvalue weighted by atomic mass is 9.75. The number of benzene rings is 2. The van der Waals surface area contributed by atoms with E-state index >= 15 is 0 Å². The molecule has 1 atom stereocenters. The number of ketones is 1. The summed E-state index contributed by atoms with van der Waals surface area (Å²) in [6.07, 6.45) is 1.50. The van der Waals surface area contributed by atoms with Gasteiger partial charge in [0.1, 0.15) is 5.82 Å². The van der Waals surface area contributed by atoms with E-state index in [1.807, 2.05) is 0 Å². The maximum Gasteiger partial charge on any atom is 0.338 e. The Hall–Kier alpha value is -3.65. The topological polar surface area (TPSA) is 116 Å². The van der Waals surface area contributed by atoms with Crippen molar-refractivity contribution in [2.24, 2.45) is 5.73 Å². The van der Waals surface area contributed by atoms with Crippen LogP contribution in [0.4, 0.5) is 11.4 Å². The van der Waals surface area contributed by atoms with E-state index in [0.29, 0.717) is 46.8 Å². The number of hydrogen-bond acceptors (Lipinski definition) is 7. The number of Topliss-reactive ketones (excluding diaryl/α,β-unsaturated/α-hetero) is 1. The zero-order valence-corrected chi connectivity index (χ0v) is 18.0. The van der Waals surface area contributed by atoms with E-state index in [-0.39, 0.29) is 22.9 Å². The maximum atomic E-state index is 13.2. The predicted molar refractivity (Wildman–Crippen MR) is 119 cm³/mol. The second-order valence-electron chi connectivity index (χ2n) is 7.52. The molecule has 1 heterocycles. The molecular formula is C23H20ClN3O5. The lowest BCUT2D eigenvalue weighted by Gasteiger charge is -2.40. The molecule has 0 amide bonds. The van der Waals surface area contributed by atoms with Gasteiger partial charge in [0, 0.05) is 40.5 Å². The Kier molecular flexibility index (Phi) is 5.71. The Balaban J connectivity index is 2.00. The molecule has 32 heavy (non-hydrogen) atoms. The number of halogens is 1. The van der Waals surface area contributed by atoms with Crippen LogP contribution in [0.15, 0.2) is 71.2 Å². The fourth-order valence-electron chi connectivity index (χ4n) is 4.33. The molecule has 2 aromatic carbocycles. The summed E-state index contributed by atoms with van der Waals surface area (Å²) in [5.41, 5.74) is 8.62. The summed E-state index contributed by atoms with van der Waals surface area (Å²) in [5.74, 6) is -1.59. The lowest BCUT2D eigenvalue weighted by molar-refractivity contribution is -0.384. The first kappa shape index (κ1) is 21.6. The monoisotopic (exact) mass is 453 g/mol. The average Bonchev–Trinajstić information content (AvgIpc) is 2.79. The molecule has 2 aromatic rings. The number of hydrogen-bond donors (Lipinski definition) is 1. The third-order valence-corrected chi connectivity index (χ3v) is 5.95. The number of allylic oxidation sites excluding steroid dienone is 2. The molecule has 0 aromatic heterocycles. The number of nitrogens with zero attached hydrogens (tertiary/aromatic N) is 2. The summed E-state index contributed by atoms with van der Waals surface area (Å²) in [5, 5.41) is 11.9. The van der Waals surface area contributed by atoms with E-state index in [1.165, 1.54) is 25.3 Å². The standard InChI is InChI=1S/C23H20ClN3O5/c1-32-23(29)21-19(13-4-2-5-16(12-13)27(30)31)20-17(6-3-7-18(20)28)26(22(21)25)15-10-8-14(24)9-11-15/h2,4-5,8-12,19H,3,6-7,25H2,1H3/t19-/m0/s1. The molecule has 2 aliphatic rings. The van der Waals surface area contributed by atoms with Crippen molar-refractivity contribution in [1.29, 1.82) is 0 Å². The number of anilines is 1. The smallest absolute Gasteiger partial charge is 0.338 e. The highest BCUT2D eigenvalue weighted by Gasteiger charge is 2.43. The van der Waals surface area contributed by atoms with Crippen molar-refractivity contribution in [3.63, 3.8) is 0 Å². The van der Waals surface area contributed by atoms with Crippen LogP contribution in [0.25, 0.3) is 0 Å². The highest BCUT2D eigenvalue weighted by Crippen LogP contribution is 2.47. The molecule has 0 saturated heterocycles. The number of methoxy groups -OCH3 is 1. The van der Waals surface area contributed by atoms with E-state index in [4.69, 9.17) is 22.1 Å². The van der Waals surface area contributed by atoms with Crippen molar-refractivity contribution in [2.45, 2.75) is 25.2 Å². The number of rotatable bonds is 4. The Morgan fingerprint density at radius 1 is 1.22 bits per heavy atom. The molecule has 2 N–H and O–H groups in total. The van der Waals surface area contributed by atoms with Crippen molar-refractivity contribution < 1.29 is 19.2 Å². The molecule has 0 saturated carbocycles. The van der Waals surface area contributed by atoms with Crippen molar-refractivity contribution in [3.05, 3.63) is 91.9 Å². The second kappa shape index (κ2) is 8.47. The first-order valence-electron chi connectivity index (χ1n) is 9.97. The number of ether oxygens (including phenoxy) is 1. The van der Waals surface area contributed by atoms with E-state index in [2.05, 4.69) is 0 Å². The van der Waals surface area contributed by atoms with E-state index in [9.17, 15) is 19.7 Å². The van der Waals surface area contributed by atoms with Gasteiger partial charge in [-0.2, -0.15) is 0 Å². The summed E-state index contributed by atoms with van der Waals surface area (Å²) < 4.78 is 5.02. The fraction of sp³-hybridized carbons (Fsp3) is 0.217. The van der Waals surface area contributed by atoms with Crippen LogP contribution in [0.2, 0.25) is 5.02 Å². The number of nitrogens with two attached hydrogens (primary N) is 1. The Bertz CT molecular complexity index is 1190. The zero-order chi connectivity index (χ0) is 23.0. The summed E-state index contributed by atoms with van der Waals surface area (Å²) in [4.78, 5) is 38.6. The Morgan fingerprint density at radius 3 is 2.59 bits per heavy atom. The van der Waals surface area contributed by atoms with Gasteiger partial charge in [0.15, 0.2) is 5.78 Å². The normalized spacial score (nSPS) is 18.5. The van der Waals surface area contributed by atoms with Crippen molar-refractivity contribution in [2.75, 3.05) is 12.0 Å². The molecule has 8 nitrogen and oxygen atoms in total. The Labute approximate surface area is 189 Å². The first-order chi connectivity index (χ1) is 15.3. The molecule has 0 bridgehead atoms. The van der Waals surface area contributed by atoms with Gasteiger partial charge in [-0.05, 0) is 42.7 Å². The van der Waals surface area contributed by atoms with Crippen molar-refractivity contribution >= 4 is 34.7 Å². The number of nitro groups is 1. The third-order valence-electron chi connectivity index (χ3n) is 5.70. The van der Waals surface area contributed by atoms with Gasteiger partial charge in [0.2, 0.25) is 0 Å². The van der Waals surface area contributed by atoms with Gasteiger partial charge >= 0.3 is 5.97 Å². The Morgan fingerprint density at radius 2 is 1.94 bits per heavy atom. The first-order valence-corrected chi connectivity index (χ1v) is 10.4. The SMILES string of the molecule is COC(=O)C1=C(N)N(c2ccc(Cl)cc2)C2=C(C(=O)CCC2)[C@@H]1c1cccc([N+](=O)[O-])c1. The van der Waals surface area contributed by atoms with Crippen LogP contribution < -0.4 is 10.6 Å². The van der Waals surface area contributed by atoms with Gasteiger partial charge in [0.05, 0.1) is 23.5 Å². The van der Waals surface area contributed by atoms with Crippen LogP contribution in [0.5, 0.6) is 0 Å². The molecule has 1 aliphatic carbocycles. The average molecular weight is 454 g/mol. The fourth-order valence-corrected chi connectivity index (χ4v) is 4.46. The summed E-state index contributed by atoms with van der Waals surface area (Å²) in [7, 11) is 1.23. The maximum absolute atomic E-state index is 13.2. The molecule has 4 rings (SSSR count). The van der Waals surface area contributed by atoms with Crippen LogP contribution in [0.3, 0.4) is 0 Å². The number of carbonyl (C=O) groups excluding carboxylic acids is 2. The second-order valence-corrected chi connectivity index (χ2v) is 7.96. The number of carbonyl (C=O) groups is 2. The number of esters is 1. The summed E-state index contributed by atoms with van der Waals surface area (Å²) in [6.45, 7) is 0. The molecule has 0 unspecified atom stereocenters. The largest absolute Gasteiger partial charge is 0.466 e. The number of non-ortho nitro benzene ring substituents is 1. The lowest BCUT2D eigenvalue weighted by Crippen LogP contribution is -2.40. The van der Waals surface area contributed by atoms with Crippen LogP contribution in [-0.2, 0) is 14.3 Å². The quantitative estimate of drug-likeness (QED) is 0.419. The van der Waals surface area contributed by atoms with Gasteiger partial charge < -0.3 is 10.5 Å². The number of nitro benzene ring substituents is 1. The minimum Gasteiger partial charge on any atom is -0.466 e. The molecule has 0 fully saturated rings. The van der Waals surface area contributed by atoms with Crippen LogP contribution in [0, 0.1) is 10.1 Å². The van der Waals surface area contributed by atoms with E-state index < -0.39 is 16.8 Å². The third kappa shape index (κ3) is 3.62. The van der Waals surface area contributed by atoms with E-state index in [1.54, 1.807) is 35.2 Å². The van der Waals surface area contributed by atoms with Gasteiger partial charge in [-0.15, -0.1) is 0 Å². The van der Waals surface area contributed by atoms with Gasteiger partial charge in [-0.1, -0.05) is 23.7 Å². The zero-order valence-electron chi connectivity index (χ0n) is 17.2. The predicted octanol–water partition coefficient (Wildman–Crippen LogP) is 4.20. The van der Waals surface area contributed by atoms with Crippen LogP contribution >= 0.6 is 11.6 Å². The van der Waals surface area contributed by atoms with Crippen molar-refractivity contribution in [3.8, 4) is 0 Å². The molecule has 164 valence electrons. The molecule has 0 radical (unpaired) electrons. The summed E-state index contributed by atoms with van der Waals surface area (Å²) in [6, 6.07) is 12.8. The van der Waals surface area contributed by atoms with Gasteiger partial charge in [-0.3, -0.25) is 19.8 Å². The molecule has 1 aliphatic heterocycles. The van der Waals surface area contributed by atoms with Crippen LogP contribution in [0.1, 0.15) is 30.7 Å². The van der Waals surface area contributed by atoms with Crippen molar-refractivity contribution in [1.82, 2.24) is 0 Å². The highest BCUT2D eigenvalue weighted by atomic mass is 35.5. The minimum absolute atomic E-state index is 0.0666. The molecular weight excluding hydrogens is 434 g/mol. The highest BCUT2D eigenvalue weighted by molar-refractivity contribution is 6.30.